The van der Waals surface area contributed by atoms with Gasteiger partial charge in [0, 0.05) is 18.2 Å². The van der Waals surface area contributed by atoms with Gasteiger partial charge in [-0.05, 0) is 32.4 Å². The number of non-ortho nitro benzene ring substituents is 1. The van der Waals surface area contributed by atoms with Gasteiger partial charge in [0.05, 0.1) is 4.92 Å². The van der Waals surface area contributed by atoms with Gasteiger partial charge in [-0.1, -0.05) is 30.7 Å². The van der Waals surface area contributed by atoms with Gasteiger partial charge in [-0.2, -0.15) is 0 Å². The summed E-state index contributed by atoms with van der Waals surface area (Å²) in [5, 5.41) is 14.1. The normalized spacial score (nSPS) is 13.4. The first-order chi connectivity index (χ1) is 8.54. The highest BCUT2D eigenvalue weighted by molar-refractivity contribution is 5.56. The summed E-state index contributed by atoms with van der Waals surface area (Å²) in [5.41, 5.74) is 2.17. The van der Waals surface area contributed by atoms with Crippen molar-refractivity contribution >= 4 is 11.8 Å². The summed E-state index contributed by atoms with van der Waals surface area (Å²) in [6.07, 6.45) is 3.08. The van der Waals surface area contributed by atoms with Crippen LogP contribution in [0.15, 0.2) is 29.8 Å². The highest BCUT2D eigenvalue weighted by Crippen LogP contribution is 2.16. The Morgan fingerprint density at radius 1 is 1.56 bits per heavy atom. The Labute approximate surface area is 108 Å². The minimum absolute atomic E-state index is 0.130. The van der Waals surface area contributed by atoms with Crippen LogP contribution in [0.2, 0.25) is 0 Å². The fourth-order valence-electron chi connectivity index (χ4n) is 1.64. The number of benzene rings is 1. The molecule has 1 aromatic carbocycles. The van der Waals surface area contributed by atoms with Gasteiger partial charge in [0.15, 0.2) is 0 Å². The Morgan fingerprint density at radius 3 is 2.89 bits per heavy atom. The molecule has 0 aliphatic rings. The van der Waals surface area contributed by atoms with E-state index in [0.717, 1.165) is 18.5 Å². The monoisotopic (exact) mass is 248 g/mol. The standard InChI is InChI=1S/C14H20N2O2/c1-4-8-15-12(3)11(2)9-13-6-5-7-14(10-13)16(17)18/h5-7,9-10,12,15H,4,8H2,1-3H3/b11-9+. The molecule has 1 aromatic rings. The molecule has 0 bridgehead atoms. The zero-order valence-corrected chi connectivity index (χ0v) is 11.1. The van der Waals surface area contributed by atoms with Crippen molar-refractivity contribution in [3.05, 3.63) is 45.5 Å². The topological polar surface area (TPSA) is 55.2 Å². The lowest BCUT2D eigenvalue weighted by atomic mass is 10.1. The number of rotatable bonds is 6. The molecule has 1 rings (SSSR count). The van der Waals surface area contributed by atoms with E-state index in [9.17, 15) is 10.1 Å². The minimum Gasteiger partial charge on any atom is -0.311 e. The smallest absolute Gasteiger partial charge is 0.270 e. The Kier molecular flexibility index (Phi) is 5.52. The van der Waals surface area contributed by atoms with Crippen LogP contribution in [0.4, 0.5) is 5.69 Å². The average Bonchev–Trinajstić information content (AvgIpc) is 2.36. The lowest BCUT2D eigenvalue weighted by Crippen LogP contribution is -2.27. The van der Waals surface area contributed by atoms with Gasteiger partial charge in [-0.15, -0.1) is 0 Å². The van der Waals surface area contributed by atoms with Crippen molar-refractivity contribution in [2.24, 2.45) is 0 Å². The highest BCUT2D eigenvalue weighted by Gasteiger charge is 2.06. The Hall–Kier alpha value is -1.68. The summed E-state index contributed by atoms with van der Waals surface area (Å²) in [6.45, 7) is 7.23. The SMILES string of the molecule is CCCNC(C)/C(C)=C/c1cccc([N+](=O)[O-])c1. The van der Waals surface area contributed by atoms with Crippen LogP contribution in [-0.4, -0.2) is 17.5 Å². The molecular formula is C14H20N2O2. The summed E-state index contributed by atoms with van der Waals surface area (Å²) in [7, 11) is 0. The van der Waals surface area contributed by atoms with E-state index in [2.05, 4.69) is 19.2 Å². The van der Waals surface area contributed by atoms with Crippen molar-refractivity contribution < 1.29 is 4.92 Å². The maximum absolute atomic E-state index is 10.7. The van der Waals surface area contributed by atoms with Crippen molar-refractivity contribution in [3.8, 4) is 0 Å². The van der Waals surface area contributed by atoms with Gasteiger partial charge in [0.25, 0.3) is 5.69 Å². The third kappa shape index (κ3) is 4.30. The number of hydrogen-bond donors (Lipinski definition) is 1. The predicted molar refractivity (Wildman–Crippen MR) is 74.5 cm³/mol. The van der Waals surface area contributed by atoms with Crippen LogP contribution < -0.4 is 5.32 Å². The Bertz CT molecular complexity index is 441. The van der Waals surface area contributed by atoms with E-state index in [4.69, 9.17) is 0 Å². The number of nitrogens with one attached hydrogen (secondary N) is 1. The van der Waals surface area contributed by atoms with E-state index < -0.39 is 0 Å². The summed E-state index contributed by atoms with van der Waals surface area (Å²) < 4.78 is 0. The molecule has 0 aliphatic heterocycles. The van der Waals surface area contributed by atoms with Crippen LogP contribution in [0.1, 0.15) is 32.8 Å². The highest BCUT2D eigenvalue weighted by atomic mass is 16.6. The summed E-state index contributed by atoms with van der Waals surface area (Å²) in [4.78, 5) is 10.3. The first kappa shape index (κ1) is 14.4. The molecule has 0 heterocycles. The van der Waals surface area contributed by atoms with Crippen LogP contribution >= 0.6 is 0 Å². The molecule has 0 saturated heterocycles. The van der Waals surface area contributed by atoms with E-state index in [1.807, 2.05) is 19.1 Å². The first-order valence-corrected chi connectivity index (χ1v) is 6.20. The van der Waals surface area contributed by atoms with Crippen molar-refractivity contribution in [1.82, 2.24) is 5.32 Å². The lowest BCUT2D eigenvalue weighted by Gasteiger charge is -2.13. The van der Waals surface area contributed by atoms with Gasteiger partial charge in [0.2, 0.25) is 0 Å². The number of nitrogens with zero attached hydrogens (tertiary/aromatic N) is 1. The molecule has 18 heavy (non-hydrogen) atoms. The molecule has 0 spiro atoms. The quantitative estimate of drug-likeness (QED) is 0.620. The van der Waals surface area contributed by atoms with E-state index >= 15 is 0 Å². The molecule has 1 atom stereocenters. The van der Waals surface area contributed by atoms with Crippen molar-refractivity contribution in [1.29, 1.82) is 0 Å². The van der Waals surface area contributed by atoms with Crippen molar-refractivity contribution in [2.75, 3.05) is 6.54 Å². The summed E-state index contributed by atoms with van der Waals surface area (Å²) in [5.74, 6) is 0. The van der Waals surface area contributed by atoms with Crippen LogP contribution in [0.3, 0.4) is 0 Å². The summed E-state index contributed by atoms with van der Waals surface area (Å²) >= 11 is 0. The second kappa shape index (κ2) is 6.91. The van der Waals surface area contributed by atoms with Gasteiger partial charge < -0.3 is 5.32 Å². The fourth-order valence-corrected chi connectivity index (χ4v) is 1.64. The molecule has 98 valence electrons. The Morgan fingerprint density at radius 2 is 2.28 bits per heavy atom. The van der Waals surface area contributed by atoms with Crippen LogP contribution in [0.25, 0.3) is 6.08 Å². The van der Waals surface area contributed by atoms with Crippen LogP contribution in [-0.2, 0) is 0 Å². The van der Waals surface area contributed by atoms with Crippen molar-refractivity contribution in [3.63, 3.8) is 0 Å². The van der Waals surface area contributed by atoms with E-state index in [-0.39, 0.29) is 16.7 Å². The lowest BCUT2D eigenvalue weighted by molar-refractivity contribution is -0.384. The largest absolute Gasteiger partial charge is 0.311 e. The molecule has 4 nitrogen and oxygen atoms in total. The number of nitro benzene ring substituents is 1. The predicted octanol–water partition coefficient (Wildman–Crippen LogP) is 3.39. The molecule has 0 fully saturated rings. The molecule has 0 aromatic heterocycles. The zero-order chi connectivity index (χ0) is 13.5. The van der Waals surface area contributed by atoms with Crippen LogP contribution in [0.5, 0.6) is 0 Å². The van der Waals surface area contributed by atoms with Crippen molar-refractivity contribution in [2.45, 2.75) is 33.2 Å². The third-order valence-electron chi connectivity index (χ3n) is 2.86. The van der Waals surface area contributed by atoms with E-state index in [0.29, 0.717) is 0 Å². The minimum atomic E-state index is -0.370. The number of hydrogen-bond acceptors (Lipinski definition) is 3. The molecule has 4 heteroatoms. The summed E-state index contributed by atoms with van der Waals surface area (Å²) in [6, 6.07) is 6.97. The maximum Gasteiger partial charge on any atom is 0.270 e. The van der Waals surface area contributed by atoms with Gasteiger partial charge in [-0.3, -0.25) is 10.1 Å². The fraction of sp³-hybridized carbons (Fsp3) is 0.429. The van der Waals surface area contributed by atoms with E-state index in [1.54, 1.807) is 12.1 Å². The van der Waals surface area contributed by atoms with Gasteiger partial charge >= 0.3 is 0 Å². The van der Waals surface area contributed by atoms with Crippen LogP contribution in [0, 0.1) is 10.1 Å². The second-order valence-electron chi connectivity index (χ2n) is 4.42. The molecule has 0 saturated carbocycles. The molecule has 0 aliphatic carbocycles. The second-order valence-corrected chi connectivity index (χ2v) is 4.42. The molecule has 0 amide bonds. The zero-order valence-electron chi connectivity index (χ0n) is 11.1. The van der Waals surface area contributed by atoms with Gasteiger partial charge in [-0.25, -0.2) is 0 Å². The number of nitro groups is 1. The average molecular weight is 248 g/mol. The molecular weight excluding hydrogens is 228 g/mol. The molecule has 1 N–H and O–H groups in total. The first-order valence-electron chi connectivity index (χ1n) is 6.20. The third-order valence-corrected chi connectivity index (χ3v) is 2.86. The maximum atomic E-state index is 10.7. The molecule has 1 unspecified atom stereocenters. The Balaban J connectivity index is 2.81. The van der Waals surface area contributed by atoms with E-state index in [1.165, 1.54) is 11.6 Å². The van der Waals surface area contributed by atoms with Gasteiger partial charge in [0.1, 0.15) is 0 Å². The molecule has 0 radical (unpaired) electrons.